The summed E-state index contributed by atoms with van der Waals surface area (Å²) in [6.45, 7) is 4.47. The van der Waals surface area contributed by atoms with E-state index in [4.69, 9.17) is 10.5 Å². The number of carbonyl (C=O) groups excluding carboxylic acids is 1. The molecule has 0 radical (unpaired) electrons. The fraction of sp³-hybridized carbons (Fsp3) is 0.333. The van der Waals surface area contributed by atoms with Crippen LogP contribution in [0, 0.1) is 5.92 Å². The number of nitrogens with one attached hydrogen (secondary N) is 1. The van der Waals surface area contributed by atoms with Crippen LogP contribution in [0.2, 0.25) is 0 Å². The highest BCUT2D eigenvalue weighted by molar-refractivity contribution is 7.15. The van der Waals surface area contributed by atoms with Crippen molar-refractivity contribution in [3.8, 4) is 11.3 Å². The molecular weight excluding hydrogens is 468 g/mol. The number of ether oxygens (including phenoxy) is 1. The zero-order chi connectivity index (χ0) is 25.1. The molecule has 4 rings (SSSR count). The maximum atomic E-state index is 13.5. The van der Waals surface area contributed by atoms with Crippen LogP contribution in [0.3, 0.4) is 0 Å². The van der Waals surface area contributed by atoms with E-state index in [1.807, 2.05) is 60.2 Å². The number of amides is 1. The fourth-order valence-corrected chi connectivity index (χ4v) is 4.76. The summed E-state index contributed by atoms with van der Waals surface area (Å²) in [5.41, 5.74) is 7.44. The van der Waals surface area contributed by atoms with Crippen LogP contribution in [0.4, 0.5) is 11.5 Å². The molecule has 3 heterocycles. The van der Waals surface area contributed by atoms with E-state index in [2.05, 4.69) is 9.97 Å². The Balaban J connectivity index is 1.70. The minimum absolute atomic E-state index is 0.0104. The lowest BCUT2D eigenvalue weighted by Crippen LogP contribution is -2.43. The van der Waals surface area contributed by atoms with E-state index in [-0.39, 0.29) is 42.9 Å². The molecule has 0 bridgehead atoms. The molecule has 4 aromatic rings. The molecule has 0 saturated carbocycles. The SMILES string of the molecule is COCCN(C(=O)Cc1csc2nc(-c3ccccc3)cn12)c1c(N)n(CC(C)C)c(=O)[nH]c1=O. The van der Waals surface area contributed by atoms with Crippen LogP contribution >= 0.6 is 11.3 Å². The van der Waals surface area contributed by atoms with Crippen molar-refractivity contribution in [2.24, 2.45) is 5.92 Å². The zero-order valence-corrected chi connectivity index (χ0v) is 20.7. The molecule has 0 aliphatic rings. The lowest BCUT2D eigenvalue weighted by atomic mass is 10.2. The van der Waals surface area contributed by atoms with Crippen LogP contribution in [0.25, 0.3) is 16.2 Å². The topological polar surface area (TPSA) is 128 Å². The van der Waals surface area contributed by atoms with E-state index < -0.39 is 11.2 Å². The highest BCUT2D eigenvalue weighted by Crippen LogP contribution is 2.25. The van der Waals surface area contributed by atoms with Gasteiger partial charge in [-0.15, -0.1) is 11.3 Å². The lowest BCUT2D eigenvalue weighted by Gasteiger charge is -2.24. The summed E-state index contributed by atoms with van der Waals surface area (Å²) in [6, 6.07) is 9.79. The summed E-state index contributed by atoms with van der Waals surface area (Å²) in [7, 11) is 1.51. The molecule has 0 unspecified atom stereocenters. The number of fused-ring (bicyclic) bond motifs is 1. The van der Waals surface area contributed by atoms with Crippen LogP contribution < -0.4 is 21.9 Å². The number of imidazole rings is 1. The molecule has 3 aromatic heterocycles. The van der Waals surface area contributed by atoms with Crippen molar-refractivity contribution in [3.05, 3.63) is 68.4 Å². The minimum Gasteiger partial charge on any atom is -0.383 e. The number of carbonyl (C=O) groups is 1. The van der Waals surface area contributed by atoms with E-state index in [0.717, 1.165) is 21.9 Å². The van der Waals surface area contributed by atoms with Gasteiger partial charge >= 0.3 is 5.69 Å². The molecule has 0 aliphatic heterocycles. The van der Waals surface area contributed by atoms with Gasteiger partial charge in [0.15, 0.2) is 10.6 Å². The Morgan fingerprint density at radius 1 is 1.26 bits per heavy atom. The number of nitrogens with two attached hydrogens (primary N) is 1. The Hall–Kier alpha value is -3.70. The number of hydrogen-bond donors (Lipinski definition) is 2. The van der Waals surface area contributed by atoms with Gasteiger partial charge in [-0.25, -0.2) is 9.78 Å². The minimum atomic E-state index is -0.707. The summed E-state index contributed by atoms with van der Waals surface area (Å²) >= 11 is 1.43. The number of aromatic amines is 1. The van der Waals surface area contributed by atoms with Crippen LogP contribution in [0.15, 0.2) is 51.5 Å². The van der Waals surface area contributed by atoms with Gasteiger partial charge in [-0.05, 0) is 5.92 Å². The molecule has 11 heteroatoms. The lowest BCUT2D eigenvalue weighted by molar-refractivity contribution is -0.118. The number of benzene rings is 1. The first kappa shape index (κ1) is 24.4. The largest absolute Gasteiger partial charge is 0.383 e. The predicted octanol–water partition coefficient (Wildman–Crippen LogP) is 2.37. The molecule has 1 aromatic carbocycles. The molecule has 0 fully saturated rings. The van der Waals surface area contributed by atoms with Crippen molar-refractivity contribution >= 4 is 33.7 Å². The molecule has 35 heavy (non-hydrogen) atoms. The van der Waals surface area contributed by atoms with Crippen LogP contribution in [0.1, 0.15) is 19.5 Å². The summed E-state index contributed by atoms with van der Waals surface area (Å²) < 4.78 is 8.34. The maximum absolute atomic E-state index is 13.5. The number of anilines is 2. The fourth-order valence-electron chi connectivity index (χ4n) is 3.88. The number of nitrogens with zero attached hydrogens (tertiary/aromatic N) is 4. The molecule has 0 spiro atoms. The third-order valence-electron chi connectivity index (χ3n) is 5.54. The Morgan fingerprint density at radius 2 is 2.00 bits per heavy atom. The van der Waals surface area contributed by atoms with Gasteiger partial charge in [-0.1, -0.05) is 44.2 Å². The Morgan fingerprint density at radius 3 is 2.69 bits per heavy atom. The molecule has 0 atom stereocenters. The van der Waals surface area contributed by atoms with Crippen LogP contribution in [-0.4, -0.2) is 45.1 Å². The summed E-state index contributed by atoms with van der Waals surface area (Å²) in [5, 5.41) is 1.87. The molecule has 0 saturated heterocycles. The molecule has 0 aliphatic carbocycles. The van der Waals surface area contributed by atoms with Crippen molar-refractivity contribution in [1.29, 1.82) is 0 Å². The van der Waals surface area contributed by atoms with E-state index >= 15 is 0 Å². The Kier molecular flexibility index (Phi) is 7.17. The van der Waals surface area contributed by atoms with Crippen molar-refractivity contribution in [3.63, 3.8) is 0 Å². The summed E-state index contributed by atoms with van der Waals surface area (Å²) in [6.07, 6.45) is 1.91. The van der Waals surface area contributed by atoms with Gasteiger partial charge in [0.05, 0.1) is 18.7 Å². The van der Waals surface area contributed by atoms with Gasteiger partial charge in [-0.3, -0.25) is 23.5 Å². The molecule has 184 valence electrons. The van der Waals surface area contributed by atoms with Gasteiger partial charge in [0.1, 0.15) is 5.82 Å². The average Bonchev–Trinajstić information content (AvgIpc) is 3.41. The molecule has 10 nitrogen and oxygen atoms in total. The first-order chi connectivity index (χ1) is 16.8. The number of methoxy groups -OCH3 is 1. The number of nitrogen functional groups attached to an aromatic ring is 1. The second kappa shape index (κ2) is 10.3. The number of thiazole rings is 1. The number of rotatable bonds is 9. The smallest absolute Gasteiger partial charge is 0.330 e. The third kappa shape index (κ3) is 5.05. The van der Waals surface area contributed by atoms with Gasteiger partial charge in [0.25, 0.3) is 5.56 Å². The van der Waals surface area contributed by atoms with Crippen molar-refractivity contribution in [1.82, 2.24) is 18.9 Å². The van der Waals surface area contributed by atoms with Gasteiger partial charge in [0.2, 0.25) is 5.91 Å². The van der Waals surface area contributed by atoms with Gasteiger partial charge in [0, 0.05) is 43.0 Å². The van der Waals surface area contributed by atoms with Crippen molar-refractivity contribution in [2.75, 3.05) is 30.9 Å². The maximum Gasteiger partial charge on any atom is 0.330 e. The van der Waals surface area contributed by atoms with Crippen molar-refractivity contribution < 1.29 is 9.53 Å². The standard InChI is InChI=1S/C24H28N6O4S/c1-15(2)12-30-21(25)20(22(32)27-23(30)33)28(9-10-34-3)19(31)11-17-14-35-24-26-18(13-29(17)24)16-7-5-4-6-8-16/h4-8,13-15H,9-12,25H2,1-3H3,(H,27,32,33). The van der Waals surface area contributed by atoms with Gasteiger partial charge < -0.3 is 15.4 Å². The van der Waals surface area contributed by atoms with E-state index in [0.29, 0.717) is 6.54 Å². The summed E-state index contributed by atoms with van der Waals surface area (Å²) in [4.78, 5) is 47.7. The number of H-pyrrole nitrogens is 1. The second-order valence-electron chi connectivity index (χ2n) is 8.58. The first-order valence-corrected chi connectivity index (χ1v) is 12.1. The van der Waals surface area contributed by atoms with Crippen LogP contribution in [0.5, 0.6) is 0 Å². The first-order valence-electron chi connectivity index (χ1n) is 11.2. The molecule has 1 amide bonds. The predicted molar refractivity (Wildman–Crippen MR) is 137 cm³/mol. The third-order valence-corrected chi connectivity index (χ3v) is 6.43. The monoisotopic (exact) mass is 496 g/mol. The zero-order valence-electron chi connectivity index (χ0n) is 19.9. The highest BCUT2D eigenvalue weighted by Gasteiger charge is 2.25. The second-order valence-corrected chi connectivity index (χ2v) is 9.42. The molecule has 3 N–H and O–H groups in total. The summed E-state index contributed by atoms with van der Waals surface area (Å²) in [5.74, 6) is -0.277. The highest BCUT2D eigenvalue weighted by atomic mass is 32.1. The molecular formula is C24H28N6O4S. The van der Waals surface area contributed by atoms with Crippen molar-refractivity contribution in [2.45, 2.75) is 26.8 Å². The Bertz CT molecular complexity index is 1450. The van der Waals surface area contributed by atoms with E-state index in [1.54, 1.807) is 0 Å². The number of aromatic nitrogens is 4. The van der Waals surface area contributed by atoms with Gasteiger partial charge in [-0.2, -0.15) is 0 Å². The Labute approximate surface area is 205 Å². The normalized spacial score (nSPS) is 11.4. The quantitative estimate of drug-likeness (QED) is 0.366. The number of hydrogen-bond acceptors (Lipinski definition) is 7. The van der Waals surface area contributed by atoms with E-state index in [1.165, 1.54) is 27.9 Å². The average molecular weight is 497 g/mol. The van der Waals surface area contributed by atoms with E-state index in [9.17, 15) is 14.4 Å². The van der Waals surface area contributed by atoms with Crippen LogP contribution in [-0.2, 0) is 22.5 Å².